The minimum atomic E-state index is 0.0497. The van der Waals surface area contributed by atoms with Crippen molar-refractivity contribution in [3.05, 3.63) is 0 Å². The number of hydrogen-bond donors (Lipinski definition) is 0. The second-order valence-corrected chi connectivity index (χ2v) is 10.6. The van der Waals surface area contributed by atoms with Gasteiger partial charge in [-0.1, -0.05) is 84.0 Å². The highest BCUT2D eigenvalue weighted by atomic mass is 16.5. The van der Waals surface area contributed by atoms with Crippen LogP contribution in [0.5, 0.6) is 0 Å². The molecule has 0 aliphatic carbocycles. The molecule has 30 heavy (non-hydrogen) atoms. The zero-order valence-corrected chi connectivity index (χ0v) is 20.5. The maximum absolute atomic E-state index is 12.2. The lowest BCUT2D eigenvalue weighted by Gasteiger charge is -2.51. The number of piperidine rings is 2. The molecular weight excluding hydrogens is 370 g/mol. The Kier molecular flexibility index (Phi) is 13.1. The van der Waals surface area contributed by atoms with Crippen LogP contribution in [0.2, 0.25) is 0 Å². The number of ether oxygens (including phenoxy) is 1. The maximum atomic E-state index is 12.2. The monoisotopic (exact) mass is 422 g/mol. The molecule has 2 saturated heterocycles. The minimum absolute atomic E-state index is 0.0497. The Labute approximate surface area is 187 Å². The molecular formula is C27H52NO2+. The van der Waals surface area contributed by atoms with Gasteiger partial charge >= 0.3 is 5.97 Å². The summed E-state index contributed by atoms with van der Waals surface area (Å²) in [6, 6.07) is 0.733. The summed E-state index contributed by atoms with van der Waals surface area (Å²) in [5, 5.41) is 0. The lowest BCUT2D eigenvalue weighted by atomic mass is 9.82. The number of quaternary nitrogens is 1. The molecule has 0 bridgehead atoms. The fraction of sp³-hybridized carbons (Fsp3) is 0.963. The van der Waals surface area contributed by atoms with Crippen molar-refractivity contribution < 1.29 is 14.0 Å². The van der Waals surface area contributed by atoms with Crippen LogP contribution in [0.3, 0.4) is 0 Å². The SMILES string of the molecule is CCCCCCCCCCCCCCCC(=O)OC[C@@H]1CCC[N+]2(C)CCCC[C@H]12. The molecule has 2 aliphatic rings. The number of carbonyl (C=O) groups excluding carboxylic acids is 1. The minimum Gasteiger partial charge on any atom is -0.465 e. The van der Waals surface area contributed by atoms with E-state index in [0.29, 0.717) is 18.9 Å². The smallest absolute Gasteiger partial charge is 0.305 e. The molecule has 0 N–H and O–H groups in total. The number of esters is 1. The van der Waals surface area contributed by atoms with Gasteiger partial charge in [-0.05, 0) is 32.1 Å². The first-order valence-corrected chi connectivity index (χ1v) is 13.7. The van der Waals surface area contributed by atoms with Crippen LogP contribution in [0, 0.1) is 5.92 Å². The summed E-state index contributed by atoms with van der Waals surface area (Å²) in [6.07, 6.45) is 24.7. The van der Waals surface area contributed by atoms with E-state index in [0.717, 1.165) is 12.5 Å². The molecule has 0 spiro atoms. The molecule has 0 aromatic rings. The van der Waals surface area contributed by atoms with Crippen LogP contribution in [-0.4, -0.2) is 43.2 Å². The van der Waals surface area contributed by atoms with E-state index in [-0.39, 0.29) is 5.97 Å². The van der Waals surface area contributed by atoms with Crippen LogP contribution in [-0.2, 0) is 9.53 Å². The van der Waals surface area contributed by atoms with Crippen LogP contribution in [0.1, 0.15) is 129 Å². The average Bonchev–Trinajstić information content (AvgIpc) is 2.75. The van der Waals surface area contributed by atoms with Gasteiger partial charge in [0.15, 0.2) is 0 Å². The van der Waals surface area contributed by atoms with Gasteiger partial charge in [0.25, 0.3) is 0 Å². The number of nitrogens with zero attached hydrogens (tertiary/aromatic N) is 1. The summed E-state index contributed by atoms with van der Waals surface area (Å²) >= 11 is 0. The predicted molar refractivity (Wildman–Crippen MR) is 128 cm³/mol. The number of unbranched alkanes of at least 4 members (excludes halogenated alkanes) is 12. The Hall–Kier alpha value is -0.570. The molecule has 0 aromatic carbocycles. The third kappa shape index (κ3) is 9.71. The Morgan fingerprint density at radius 1 is 0.767 bits per heavy atom. The van der Waals surface area contributed by atoms with Gasteiger partial charge in [0.05, 0.1) is 32.8 Å². The molecule has 0 amide bonds. The Morgan fingerprint density at radius 2 is 1.33 bits per heavy atom. The van der Waals surface area contributed by atoms with Gasteiger partial charge in [-0.15, -0.1) is 0 Å². The molecule has 0 aromatic heterocycles. The van der Waals surface area contributed by atoms with Crippen LogP contribution < -0.4 is 0 Å². The fourth-order valence-electron chi connectivity index (χ4n) is 5.99. The van der Waals surface area contributed by atoms with Gasteiger partial charge in [0, 0.05) is 18.8 Å². The van der Waals surface area contributed by atoms with E-state index in [9.17, 15) is 4.79 Å². The van der Waals surface area contributed by atoms with Crippen molar-refractivity contribution >= 4 is 5.97 Å². The number of rotatable bonds is 16. The standard InChI is InChI=1S/C27H52NO2/c1-3-4-5-6-7-8-9-10-11-12-13-14-15-21-27(29)30-24-25-19-18-23-28(2)22-17-16-20-26(25)28/h25-26H,3-24H2,1-2H3/q+1/t25-,26+,28?/m0/s1. The first-order valence-electron chi connectivity index (χ1n) is 13.7. The first-order chi connectivity index (χ1) is 14.7. The van der Waals surface area contributed by atoms with E-state index in [1.54, 1.807) is 0 Å². The van der Waals surface area contributed by atoms with E-state index in [1.807, 2.05) is 0 Å². The van der Waals surface area contributed by atoms with Crippen molar-refractivity contribution in [3.63, 3.8) is 0 Å². The highest BCUT2D eigenvalue weighted by Gasteiger charge is 2.43. The van der Waals surface area contributed by atoms with Gasteiger partial charge in [-0.3, -0.25) is 4.79 Å². The summed E-state index contributed by atoms with van der Waals surface area (Å²) in [5.74, 6) is 0.647. The molecule has 0 radical (unpaired) electrons. The zero-order chi connectivity index (χ0) is 21.5. The van der Waals surface area contributed by atoms with E-state index < -0.39 is 0 Å². The molecule has 176 valence electrons. The number of carbonyl (C=O) groups is 1. The van der Waals surface area contributed by atoms with Crippen molar-refractivity contribution in [3.8, 4) is 0 Å². The van der Waals surface area contributed by atoms with Crippen molar-refractivity contribution in [1.82, 2.24) is 0 Å². The average molecular weight is 423 g/mol. The van der Waals surface area contributed by atoms with E-state index in [2.05, 4.69) is 14.0 Å². The molecule has 2 fully saturated rings. The van der Waals surface area contributed by atoms with Crippen LogP contribution in [0.25, 0.3) is 0 Å². The van der Waals surface area contributed by atoms with Crippen molar-refractivity contribution in [2.45, 2.75) is 135 Å². The summed E-state index contributed by atoms with van der Waals surface area (Å²) < 4.78 is 6.97. The third-order valence-electron chi connectivity index (χ3n) is 7.95. The normalized spacial score (nSPS) is 26.3. The Bertz CT molecular complexity index is 448. The van der Waals surface area contributed by atoms with Gasteiger partial charge < -0.3 is 9.22 Å². The summed E-state index contributed by atoms with van der Waals surface area (Å²) in [4.78, 5) is 12.2. The molecule has 3 heteroatoms. The van der Waals surface area contributed by atoms with Gasteiger partial charge in [0.1, 0.15) is 0 Å². The molecule has 2 aliphatic heterocycles. The van der Waals surface area contributed by atoms with Crippen LogP contribution >= 0.6 is 0 Å². The molecule has 1 unspecified atom stereocenters. The second-order valence-electron chi connectivity index (χ2n) is 10.6. The molecule has 0 saturated carbocycles. The van der Waals surface area contributed by atoms with Crippen molar-refractivity contribution in [2.75, 3.05) is 26.7 Å². The number of fused-ring (bicyclic) bond motifs is 1. The highest BCUT2D eigenvalue weighted by molar-refractivity contribution is 5.69. The second kappa shape index (κ2) is 15.3. The molecule has 2 heterocycles. The Morgan fingerprint density at radius 3 is 1.97 bits per heavy atom. The van der Waals surface area contributed by atoms with E-state index in [4.69, 9.17) is 4.74 Å². The van der Waals surface area contributed by atoms with Gasteiger partial charge in [0.2, 0.25) is 0 Å². The lowest BCUT2D eigenvalue weighted by Crippen LogP contribution is -2.61. The van der Waals surface area contributed by atoms with E-state index >= 15 is 0 Å². The van der Waals surface area contributed by atoms with Gasteiger partial charge in [-0.2, -0.15) is 0 Å². The maximum Gasteiger partial charge on any atom is 0.305 e. The molecule has 3 atom stereocenters. The fourth-order valence-corrected chi connectivity index (χ4v) is 5.99. The number of hydrogen-bond acceptors (Lipinski definition) is 2. The zero-order valence-electron chi connectivity index (χ0n) is 20.5. The van der Waals surface area contributed by atoms with Crippen molar-refractivity contribution in [2.24, 2.45) is 5.92 Å². The van der Waals surface area contributed by atoms with Crippen LogP contribution in [0.4, 0.5) is 0 Å². The molecule has 2 rings (SSSR count). The Balaban J connectivity index is 1.41. The summed E-state index contributed by atoms with van der Waals surface area (Å²) in [6.45, 7) is 5.61. The summed E-state index contributed by atoms with van der Waals surface area (Å²) in [5.41, 5.74) is 0. The van der Waals surface area contributed by atoms with Crippen LogP contribution in [0.15, 0.2) is 0 Å². The predicted octanol–water partition coefficient (Wildman–Crippen LogP) is 7.42. The van der Waals surface area contributed by atoms with E-state index in [1.165, 1.54) is 127 Å². The van der Waals surface area contributed by atoms with Gasteiger partial charge in [-0.25, -0.2) is 0 Å². The molecule has 3 nitrogen and oxygen atoms in total. The quantitative estimate of drug-likeness (QED) is 0.147. The largest absolute Gasteiger partial charge is 0.465 e. The lowest BCUT2D eigenvalue weighted by molar-refractivity contribution is -0.947. The highest BCUT2D eigenvalue weighted by Crippen LogP contribution is 2.36. The first kappa shape index (κ1) is 25.7. The summed E-state index contributed by atoms with van der Waals surface area (Å²) in [7, 11) is 2.44. The third-order valence-corrected chi connectivity index (χ3v) is 7.95. The topological polar surface area (TPSA) is 26.3 Å². The van der Waals surface area contributed by atoms with Crippen molar-refractivity contribution in [1.29, 1.82) is 0 Å².